The first-order valence-electron chi connectivity index (χ1n) is 5.18. The van der Waals surface area contributed by atoms with Crippen LogP contribution in [0.5, 0.6) is 0 Å². The molecule has 0 radical (unpaired) electrons. The van der Waals surface area contributed by atoms with Crippen molar-refractivity contribution in [1.82, 2.24) is 4.98 Å². The minimum absolute atomic E-state index is 0.0653. The number of benzene rings is 1. The van der Waals surface area contributed by atoms with Crippen molar-refractivity contribution in [3.63, 3.8) is 0 Å². The highest BCUT2D eigenvalue weighted by Crippen LogP contribution is 2.32. The lowest BCUT2D eigenvalue weighted by Gasteiger charge is -2.11. The third-order valence-electron chi connectivity index (χ3n) is 2.27. The predicted octanol–water partition coefficient (Wildman–Crippen LogP) is 3.42. The standard InChI is InChI=1S/C11H8Cl3N3O2S/c12-8-3-6(15)4-9(13)11(8)20(18,19)17-7-1-2-10(14)16-5-7/h1-5,17H,15H2. The molecule has 0 unspecified atom stereocenters. The summed E-state index contributed by atoms with van der Waals surface area (Å²) in [6, 6.07) is 5.53. The molecule has 0 saturated carbocycles. The van der Waals surface area contributed by atoms with Crippen molar-refractivity contribution in [3.8, 4) is 0 Å². The summed E-state index contributed by atoms with van der Waals surface area (Å²) in [5.41, 5.74) is 6.04. The fraction of sp³-hybridized carbons (Fsp3) is 0. The molecule has 0 spiro atoms. The van der Waals surface area contributed by atoms with E-state index < -0.39 is 10.0 Å². The van der Waals surface area contributed by atoms with E-state index in [0.29, 0.717) is 0 Å². The molecule has 1 aromatic heterocycles. The molecule has 0 atom stereocenters. The molecular weight excluding hydrogens is 345 g/mol. The molecule has 1 heterocycles. The summed E-state index contributed by atoms with van der Waals surface area (Å²) in [7, 11) is -3.96. The highest BCUT2D eigenvalue weighted by Gasteiger charge is 2.22. The highest BCUT2D eigenvalue weighted by molar-refractivity contribution is 7.93. The van der Waals surface area contributed by atoms with Gasteiger partial charge in [0.05, 0.1) is 21.9 Å². The van der Waals surface area contributed by atoms with E-state index in [1.54, 1.807) is 0 Å². The lowest BCUT2D eigenvalue weighted by Crippen LogP contribution is -2.14. The van der Waals surface area contributed by atoms with E-state index in [0.717, 1.165) is 0 Å². The van der Waals surface area contributed by atoms with Gasteiger partial charge in [0, 0.05) is 5.69 Å². The normalized spacial score (nSPS) is 11.3. The predicted molar refractivity (Wildman–Crippen MR) is 80.9 cm³/mol. The second-order valence-electron chi connectivity index (χ2n) is 3.79. The van der Waals surface area contributed by atoms with E-state index >= 15 is 0 Å². The van der Waals surface area contributed by atoms with Gasteiger partial charge in [-0.25, -0.2) is 13.4 Å². The summed E-state index contributed by atoms with van der Waals surface area (Å²) in [4.78, 5) is 3.52. The molecule has 106 valence electrons. The van der Waals surface area contributed by atoms with Crippen LogP contribution in [0.15, 0.2) is 35.4 Å². The van der Waals surface area contributed by atoms with Crippen LogP contribution in [-0.4, -0.2) is 13.4 Å². The van der Waals surface area contributed by atoms with Gasteiger partial charge >= 0.3 is 0 Å². The summed E-state index contributed by atoms with van der Waals surface area (Å²) in [6.07, 6.45) is 1.28. The molecule has 20 heavy (non-hydrogen) atoms. The molecule has 0 aliphatic carbocycles. The topological polar surface area (TPSA) is 85.1 Å². The van der Waals surface area contributed by atoms with Crippen LogP contribution in [0.2, 0.25) is 15.2 Å². The third-order valence-corrected chi connectivity index (χ3v) is 4.79. The van der Waals surface area contributed by atoms with Gasteiger partial charge in [0.25, 0.3) is 10.0 Å². The van der Waals surface area contributed by atoms with Crippen LogP contribution in [0, 0.1) is 0 Å². The molecule has 2 aromatic rings. The van der Waals surface area contributed by atoms with Gasteiger partial charge < -0.3 is 5.73 Å². The first-order chi connectivity index (χ1) is 9.29. The maximum atomic E-state index is 12.3. The molecule has 0 saturated heterocycles. The number of nitrogens with zero attached hydrogens (tertiary/aromatic N) is 1. The maximum Gasteiger partial charge on any atom is 0.264 e. The zero-order chi connectivity index (χ0) is 14.9. The molecule has 9 heteroatoms. The Balaban J connectivity index is 2.43. The van der Waals surface area contributed by atoms with E-state index in [2.05, 4.69) is 9.71 Å². The van der Waals surface area contributed by atoms with Crippen LogP contribution in [0.1, 0.15) is 0 Å². The number of halogens is 3. The lowest BCUT2D eigenvalue weighted by molar-refractivity contribution is 0.601. The van der Waals surface area contributed by atoms with Gasteiger partial charge in [-0.1, -0.05) is 34.8 Å². The van der Waals surface area contributed by atoms with Gasteiger partial charge in [-0.2, -0.15) is 0 Å². The van der Waals surface area contributed by atoms with E-state index in [4.69, 9.17) is 40.5 Å². The van der Waals surface area contributed by atoms with E-state index in [9.17, 15) is 8.42 Å². The van der Waals surface area contributed by atoms with E-state index in [-0.39, 0.29) is 31.5 Å². The highest BCUT2D eigenvalue weighted by atomic mass is 35.5. The SMILES string of the molecule is Nc1cc(Cl)c(S(=O)(=O)Nc2ccc(Cl)nc2)c(Cl)c1. The summed E-state index contributed by atoms with van der Waals surface area (Å²) in [6.45, 7) is 0. The number of sulfonamides is 1. The minimum Gasteiger partial charge on any atom is -0.399 e. The van der Waals surface area contributed by atoms with Crippen molar-refractivity contribution in [3.05, 3.63) is 45.7 Å². The Morgan fingerprint density at radius 3 is 2.20 bits per heavy atom. The quantitative estimate of drug-likeness (QED) is 0.654. The molecule has 3 N–H and O–H groups in total. The molecule has 0 fully saturated rings. The lowest BCUT2D eigenvalue weighted by atomic mass is 10.3. The van der Waals surface area contributed by atoms with Crippen molar-refractivity contribution >= 4 is 56.2 Å². The fourth-order valence-electron chi connectivity index (χ4n) is 1.48. The number of hydrogen-bond acceptors (Lipinski definition) is 4. The number of anilines is 2. The maximum absolute atomic E-state index is 12.3. The first-order valence-corrected chi connectivity index (χ1v) is 7.80. The molecule has 0 amide bonds. The Labute approximate surface area is 130 Å². The molecule has 2 rings (SSSR count). The van der Waals surface area contributed by atoms with Crippen LogP contribution < -0.4 is 10.5 Å². The second-order valence-corrected chi connectivity index (χ2v) is 6.61. The Kier molecular flexibility index (Phi) is 4.29. The number of hydrogen-bond donors (Lipinski definition) is 2. The van der Waals surface area contributed by atoms with Crippen molar-refractivity contribution < 1.29 is 8.42 Å². The smallest absolute Gasteiger partial charge is 0.264 e. The molecule has 5 nitrogen and oxygen atoms in total. The molecule has 0 aliphatic rings. The Bertz CT molecular complexity index is 725. The van der Waals surface area contributed by atoms with Gasteiger partial charge in [-0.15, -0.1) is 0 Å². The Morgan fingerprint density at radius 2 is 1.70 bits per heavy atom. The van der Waals surface area contributed by atoms with Gasteiger partial charge in [-0.05, 0) is 24.3 Å². The molecule has 1 aromatic carbocycles. The van der Waals surface area contributed by atoms with Crippen molar-refractivity contribution in [1.29, 1.82) is 0 Å². The second kappa shape index (κ2) is 5.65. The minimum atomic E-state index is -3.96. The largest absolute Gasteiger partial charge is 0.399 e. The average molecular weight is 353 g/mol. The zero-order valence-corrected chi connectivity index (χ0v) is 12.9. The Morgan fingerprint density at radius 1 is 1.10 bits per heavy atom. The van der Waals surface area contributed by atoms with Gasteiger partial charge in [0.15, 0.2) is 0 Å². The summed E-state index contributed by atoms with van der Waals surface area (Å²) in [5, 5.41) is 0.116. The van der Waals surface area contributed by atoms with Crippen LogP contribution in [0.3, 0.4) is 0 Å². The molecule has 0 bridgehead atoms. The number of aromatic nitrogens is 1. The van der Waals surface area contributed by atoms with Crippen LogP contribution in [0.4, 0.5) is 11.4 Å². The average Bonchev–Trinajstić information content (AvgIpc) is 2.30. The van der Waals surface area contributed by atoms with E-state index in [1.807, 2.05) is 0 Å². The van der Waals surface area contributed by atoms with Crippen molar-refractivity contribution in [2.45, 2.75) is 4.90 Å². The summed E-state index contributed by atoms with van der Waals surface area (Å²) in [5.74, 6) is 0. The van der Waals surface area contributed by atoms with Gasteiger partial charge in [0.2, 0.25) is 0 Å². The number of nitrogen functional groups attached to an aromatic ring is 1. The monoisotopic (exact) mass is 351 g/mol. The molecular formula is C11H8Cl3N3O2S. The third kappa shape index (κ3) is 3.27. The van der Waals surface area contributed by atoms with Crippen molar-refractivity contribution in [2.24, 2.45) is 0 Å². The van der Waals surface area contributed by atoms with E-state index in [1.165, 1.54) is 30.5 Å². The number of nitrogens with one attached hydrogen (secondary N) is 1. The van der Waals surface area contributed by atoms with Crippen LogP contribution in [-0.2, 0) is 10.0 Å². The van der Waals surface area contributed by atoms with Gasteiger partial charge in [0.1, 0.15) is 10.0 Å². The van der Waals surface area contributed by atoms with Crippen LogP contribution >= 0.6 is 34.8 Å². The first kappa shape index (κ1) is 15.2. The Hall–Kier alpha value is -1.21. The van der Waals surface area contributed by atoms with Gasteiger partial charge in [-0.3, -0.25) is 4.72 Å². The molecule has 0 aliphatic heterocycles. The number of pyridine rings is 1. The summed E-state index contributed by atoms with van der Waals surface area (Å²) < 4.78 is 26.8. The zero-order valence-electron chi connectivity index (χ0n) is 9.77. The fourth-order valence-corrected chi connectivity index (χ4v) is 3.87. The summed E-state index contributed by atoms with van der Waals surface area (Å²) >= 11 is 17.4. The van der Waals surface area contributed by atoms with Crippen molar-refractivity contribution in [2.75, 3.05) is 10.5 Å². The number of rotatable bonds is 3. The number of nitrogens with two attached hydrogens (primary N) is 1. The van der Waals surface area contributed by atoms with Crippen LogP contribution in [0.25, 0.3) is 0 Å².